The Morgan fingerprint density at radius 3 is 2.76 bits per heavy atom. The SMILES string of the molecule is CCc1nn(C)cc1C(=O)NC1(/C(N)=N/O)CCCCC1. The summed E-state index contributed by atoms with van der Waals surface area (Å²) in [6.45, 7) is 1.96. The number of amidine groups is 1. The average Bonchev–Trinajstić information content (AvgIpc) is 2.88. The molecule has 1 fully saturated rings. The molecule has 1 amide bonds. The van der Waals surface area contributed by atoms with Gasteiger partial charge in [0.15, 0.2) is 5.84 Å². The Labute approximate surface area is 124 Å². The van der Waals surface area contributed by atoms with Gasteiger partial charge in [-0.1, -0.05) is 31.3 Å². The molecule has 21 heavy (non-hydrogen) atoms. The highest BCUT2D eigenvalue weighted by molar-refractivity contribution is 6.00. The van der Waals surface area contributed by atoms with Gasteiger partial charge in [0.25, 0.3) is 5.91 Å². The van der Waals surface area contributed by atoms with Gasteiger partial charge in [-0.3, -0.25) is 9.48 Å². The minimum Gasteiger partial charge on any atom is -0.409 e. The van der Waals surface area contributed by atoms with Crippen molar-refractivity contribution in [3.05, 3.63) is 17.5 Å². The first-order chi connectivity index (χ1) is 10.0. The highest BCUT2D eigenvalue weighted by atomic mass is 16.4. The molecule has 0 bridgehead atoms. The fourth-order valence-corrected chi connectivity index (χ4v) is 2.97. The molecule has 0 aliphatic heterocycles. The summed E-state index contributed by atoms with van der Waals surface area (Å²) in [5.41, 5.74) is 6.41. The monoisotopic (exact) mass is 293 g/mol. The molecule has 0 aromatic carbocycles. The van der Waals surface area contributed by atoms with E-state index in [2.05, 4.69) is 15.6 Å². The Kier molecular flexibility index (Phi) is 4.50. The third-order valence-electron chi connectivity index (χ3n) is 4.14. The van der Waals surface area contributed by atoms with Crippen molar-refractivity contribution >= 4 is 11.7 Å². The maximum absolute atomic E-state index is 12.6. The van der Waals surface area contributed by atoms with Crippen molar-refractivity contribution in [2.75, 3.05) is 0 Å². The zero-order valence-electron chi connectivity index (χ0n) is 12.6. The summed E-state index contributed by atoms with van der Waals surface area (Å²) in [5, 5.41) is 19.4. The molecule has 7 nitrogen and oxygen atoms in total. The van der Waals surface area contributed by atoms with Gasteiger partial charge in [-0.2, -0.15) is 5.10 Å². The normalized spacial score (nSPS) is 18.5. The number of nitrogens with one attached hydrogen (secondary N) is 1. The van der Waals surface area contributed by atoms with Crippen LogP contribution in [0.5, 0.6) is 0 Å². The fraction of sp³-hybridized carbons (Fsp3) is 0.643. The van der Waals surface area contributed by atoms with Crippen LogP contribution in [-0.2, 0) is 13.5 Å². The molecular weight excluding hydrogens is 270 g/mol. The van der Waals surface area contributed by atoms with Crippen LogP contribution in [0.1, 0.15) is 55.1 Å². The van der Waals surface area contributed by atoms with E-state index >= 15 is 0 Å². The number of hydrogen-bond acceptors (Lipinski definition) is 4. The lowest BCUT2D eigenvalue weighted by atomic mass is 9.80. The van der Waals surface area contributed by atoms with Crippen molar-refractivity contribution in [2.24, 2.45) is 17.9 Å². The van der Waals surface area contributed by atoms with Crippen LogP contribution in [0.2, 0.25) is 0 Å². The van der Waals surface area contributed by atoms with Crippen LogP contribution in [0.3, 0.4) is 0 Å². The van der Waals surface area contributed by atoms with Gasteiger partial charge in [0, 0.05) is 13.2 Å². The summed E-state index contributed by atoms with van der Waals surface area (Å²) < 4.78 is 1.63. The summed E-state index contributed by atoms with van der Waals surface area (Å²) in [6.07, 6.45) is 6.77. The van der Waals surface area contributed by atoms with E-state index in [1.54, 1.807) is 17.9 Å². The van der Waals surface area contributed by atoms with Gasteiger partial charge in [0.1, 0.15) is 5.54 Å². The maximum atomic E-state index is 12.6. The second-order valence-corrected chi connectivity index (χ2v) is 5.60. The molecular formula is C14H23N5O2. The summed E-state index contributed by atoms with van der Waals surface area (Å²) in [7, 11) is 1.79. The van der Waals surface area contributed by atoms with Gasteiger partial charge in [-0.15, -0.1) is 0 Å². The molecule has 7 heteroatoms. The van der Waals surface area contributed by atoms with Crippen molar-refractivity contribution in [1.82, 2.24) is 15.1 Å². The van der Waals surface area contributed by atoms with Gasteiger partial charge in [-0.05, 0) is 19.3 Å². The molecule has 1 saturated carbocycles. The number of amides is 1. The number of rotatable bonds is 4. The Morgan fingerprint density at radius 1 is 1.52 bits per heavy atom. The molecule has 0 saturated heterocycles. The Balaban J connectivity index is 2.26. The largest absolute Gasteiger partial charge is 0.409 e. The van der Waals surface area contributed by atoms with E-state index in [4.69, 9.17) is 10.9 Å². The lowest BCUT2D eigenvalue weighted by molar-refractivity contribution is 0.0904. The molecule has 0 spiro atoms. The van der Waals surface area contributed by atoms with E-state index in [9.17, 15) is 4.79 Å². The van der Waals surface area contributed by atoms with Crippen molar-refractivity contribution in [3.63, 3.8) is 0 Å². The van der Waals surface area contributed by atoms with Gasteiger partial charge in [-0.25, -0.2) is 0 Å². The molecule has 1 aromatic rings. The summed E-state index contributed by atoms with van der Waals surface area (Å²) in [6, 6.07) is 0. The Bertz CT molecular complexity index is 544. The molecule has 2 rings (SSSR count). The first-order valence-electron chi connectivity index (χ1n) is 7.35. The molecule has 0 radical (unpaired) electrons. The van der Waals surface area contributed by atoms with Crippen LogP contribution in [0.4, 0.5) is 0 Å². The van der Waals surface area contributed by atoms with Crippen molar-refractivity contribution in [3.8, 4) is 0 Å². The lowest BCUT2D eigenvalue weighted by Crippen LogP contribution is -2.58. The fourth-order valence-electron chi connectivity index (χ4n) is 2.97. The number of aryl methyl sites for hydroxylation is 2. The number of carbonyl (C=O) groups excluding carboxylic acids is 1. The summed E-state index contributed by atoms with van der Waals surface area (Å²) >= 11 is 0. The number of carbonyl (C=O) groups is 1. The molecule has 1 heterocycles. The van der Waals surface area contributed by atoms with E-state index in [1.807, 2.05) is 6.92 Å². The van der Waals surface area contributed by atoms with Gasteiger partial charge >= 0.3 is 0 Å². The van der Waals surface area contributed by atoms with E-state index in [-0.39, 0.29) is 11.7 Å². The predicted molar refractivity (Wildman–Crippen MR) is 79.3 cm³/mol. The molecule has 0 atom stereocenters. The molecule has 0 unspecified atom stereocenters. The zero-order chi connectivity index (χ0) is 15.5. The number of oxime groups is 1. The highest BCUT2D eigenvalue weighted by Gasteiger charge is 2.38. The van der Waals surface area contributed by atoms with E-state index < -0.39 is 5.54 Å². The van der Waals surface area contributed by atoms with Crippen LogP contribution in [-0.4, -0.2) is 32.3 Å². The van der Waals surface area contributed by atoms with Crippen molar-refractivity contribution < 1.29 is 10.0 Å². The Morgan fingerprint density at radius 2 is 2.19 bits per heavy atom. The zero-order valence-corrected chi connectivity index (χ0v) is 12.6. The van der Waals surface area contributed by atoms with Gasteiger partial charge in [0.2, 0.25) is 0 Å². The molecule has 1 aromatic heterocycles. The van der Waals surface area contributed by atoms with Crippen LogP contribution >= 0.6 is 0 Å². The smallest absolute Gasteiger partial charge is 0.255 e. The Hall–Kier alpha value is -2.05. The molecule has 1 aliphatic rings. The maximum Gasteiger partial charge on any atom is 0.255 e. The minimum absolute atomic E-state index is 0.0810. The minimum atomic E-state index is -0.745. The number of hydrogen-bond donors (Lipinski definition) is 3. The molecule has 1 aliphatic carbocycles. The molecule has 4 N–H and O–H groups in total. The van der Waals surface area contributed by atoms with Gasteiger partial charge in [0.05, 0.1) is 11.3 Å². The van der Waals surface area contributed by atoms with Crippen molar-refractivity contribution in [1.29, 1.82) is 0 Å². The molecule has 116 valence electrons. The van der Waals surface area contributed by atoms with Crippen LogP contribution in [0.25, 0.3) is 0 Å². The summed E-state index contributed by atoms with van der Waals surface area (Å²) in [4.78, 5) is 12.6. The lowest BCUT2D eigenvalue weighted by Gasteiger charge is -2.36. The average molecular weight is 293 g/mol. The summed E-state index contributed by atoms with van der Waals surface area (Å²) in [5.74, 6) is -0.133. The number of nitrogens with zero attached hydrogens (tertiary/aromatic N) is 3. The van der Waals surface area contributed by atoms with E-state index in [1.165, 1.54) is 0 Å². The predicted octanol–water partition coefficient (Wildman–Crippen LogP) is 1.16. The van der Waals surface area contributed by atoms with Crippen LogP contribution in [0.15, 0.2) is 11.4 Å². The quantitative estimate of drug-likeness (QED) is 0.335. The number of aromatic nitrogens is 2. The van der Waals surface area contributed by atoms with E-state index in [0.29, 0.717) is 24.8 Å². The van der Waals surface area contributed by atoms with Gasteiger partial charge < -0.3 is 16.3 Å². The standard InChI is InChI=1S/C14H23N5O2/c1-3-11-10(9-19(2)17-11)12(20)16-14(13(15)18-21)7-5-4-6-8-14/h9,21H,3-8H2,1-2H3,(H2,15,18)(H,16,20). The van der Waals surface area contributed by atoms with Crippen molar-refractivity contribution in [2.45, 2.75) is 51.0 Å². The first kappa shape index (κ1) is 15.3. The van der Waals surface area contributed by atoms with E-state index in [0.717, 1.165) is 25.0 Å². The topological polar surface area (TPSA) is 106 Å². The van der Waals surface area contributed by atoms with Crippen LogP contribution < -0.4 is 11.1 Å². The second-order valence-electron chi connectivity index (χ2n) is 5.60. The highest BCUT2D eigenvalue weighted by Crippen LogP contribution is 2.29. The number of nitrogens with two attached hydrogens (primary N) is 1. The first-order valence-corrected chi connectivity index (χ1v) is 7.35. The third kappa shape index (κ3) is 3.01. The van der Waals surface area contributed by atoms with Crippen LogP contribution in [0, 0.1) is 0 Å². The third-order valence-corrected chi connectivity index (χ3v) is 4.14. The second kappa shape index (κ2) is 6.15.